The van der Waals surface area contributed by atoms with Crippen molar-refractivity contribution in [3.8, 4) is 0 Å². The predicted molar refractivity (Wildman–Crippen MR) is 62.6 cm³/mol. The number of aryl methyl sites for hydroxylation is 1. The van der Waals surface area contributed by atoms with E-state index in [0.29, 0.717) is 11.1 Å². The molecule has 0 nitrogen and oxygen atoms in total. The zero-order chi connectivity index (χ0) is 11.7. The van der Waals surface area contributed by atoms with E-state index in [1.165, 1.54) is 0 Å². The van der Waals surface area contributed by atoms with Gasteiger partial charge in [0.1, 0.15) is 0 Å². The highest BCUT2D eigenvalue weighted by molar-refractivity contribution is 6.22. The summed E-state index contributed by atoms with van der Waals surface area (Å²) >= 11 is 5.99. The van der Waals surface area contributed by atoms with Gasteiger partial charge in [0.05, 0.1) is 5.38 Å². The van der Waals surface area contributed by atoms with Crippen molar-refractivity contribution in [3.63, 3.8) is 0 Å². The molecule has 0 heterocycles. The lowest BCUT2D eigenvalue weighted by Crippen LogP contribution is -2.05. The Bertz CT molecular complexity index is 438. The standard InChI is InChI=1S/C13H13ClF2/c1-8-5-6-11(13(16)12(8)15)9-3-2-4-10(14)7-9/h5-7,10H,2-4H2,1H3. The number of allylic oxidation sites excluding steroid dienone is 2. The first-order valence-electron chi connectivity index (χ1n) is 5.39. The van der Waals surface area contributed by atoms with Gasteiger partial charge in [-0.15, -0.1) is 11.6 Å². The van der Waals surface area contributed by atoms with Crippen LogP contribution in [0.1, 0.15) is 30.4 Å². The normalized spacial score (nSPS) is 20.8. The molecule has 86 valence electrons. The summed E-state index contributed by atoms with van der Waals surface area (Å²) in [7, 11) is 0. The zero-order valence-corrected chi connectivity index (χ0v) is 9.82. The molecular formula is C13H13ClF2. The van der Waals surface area contributed by atoms with Crippen molar-refractivity contribution in [1.82, 2.24) is 0 Å². The van der Waals surface area contributed by atoms with E-state index >= 15 is 0 Å². The van der Waals surface area contributed by atoms with Crippen LogP contribution >= 0.6 is 11.6 Å². The first-order chi connectivity index (χ1) is 7.59. The van der Waals surface area contributed by atoms with Crippen molar-refractivity contribution in [2.45, 2.75) is 31.6 Å². The van der Waals surface area contributed by atoms with Crippen LogP contribution in [0.25, 0.3) is 5.57 Å². The largest absolute Gasteiger partial charge is 0.203 e. The molecule has 16 heavy (non-hydrogen) atoms. The molecule has 0 radical (unpaired) electrons. The SMILES string of the molecule is Cc1ccc(C2=CC(Cl)CCC2)c(F)c1F. The fourth-order valence-corrected chi connectivity index (χ4v) is 2.30. The minimum Gasteiger partial charge on any atom is -0.203 e. The topological polar surface area (TPSA) is 0 Å². The number of hydrogen-bond acceptors (Lipinski definition) is 0. The third-order valence-corrected chi connectivity index (χ3v) is 3.27. The van der Waals surface area contributed by atoms with Crippen molar-refractivity contribution in [2.75, 3.05) is 0 Å². The number of alkyl halides is 1. The quantitative estimate of drug-likeness (QED) is 0.639. The van der Waals surface area contributed by atoms with Gasteiger partial charge in [0.25, 0.3) is 0 Å². The summed E-state index contributed by atoms with van der Waals surface area (Å²) in [5, 5.41) is -0.0625. The Labute approximate surface area is 98.9 Å². The molecule has 0 aliphatic heterocycles. The van der Waals surface area contributed by atoms with E-state index in [1.807, 2.05) is 6.08 Å². The van der Waals surface area contributed by atoms with Crippen LogP contribution in [-0.2, 0) is 0 Å². The first-order valence-corrected chi connectivity index (χ1v) is 5.83. The minimum absolute atomic E-state index is 0.0625. The molecule has 1 atom stereocenters. The van der Waals surface area contributed by atoms with E-state index in [-0.39, 0.29) is 5.38 Å². The van der Waals surface area contributed by atoms with E-state index in [9.17, 15) is 8.78 Å². The van der Waals surface area contributed by atoms with Gasteiger partial charge >= 0.3 is 0 Å². The average Bonchev–Trinajstić information content (AvgIpc) is 2.26. The van der Waals surface area contributed by atoms with Crippen LogP contribution in [0.15, 0.2) is 18.2 Å². The maximum atomic E-state index is 13.7. The fraction of sp³-hybridized carbons (Fsp3) is 0.385. The maximum absolute atomic E-state index is 13.7. The van der Waals surface area contributed by atoms with Gasteiger partial charge in [-0.05, 0) is 37.3 Å². The molecular weight excluding hydrogens is 230 g/mol. The van der Waals surface area contributed by atoms with Gasteiger partial charge in [-0.1, -0.05) is 18.2 Å². The molecule has 0 N–H and O–H groups in total. The molecule has 1 aliphatic rings. The van der Waals surface area contributed by atoms with Crippen molar-refractivity contribution < 1.29 is 8.78 Å². The summed E-state index contributed by atoms with van der Waals surface area (Å²) in [6.07, 6.45) is 4.43. The summed E-state index contributed by atoms with van der Waals surface area (Å²) in [6, 6.07) is 3.24. The van der Waals surface area contributed by atoms with Crippen LogP contribution < -0.4 is 0 Å². The lowest BCUT2D eigenvalue weighted by Gasteiger charge is -2.17. The molecule has 1 aliphatic carbocycles. The van der Waals surface area contributed by atoms with Crippen LogP contribution in [-0.4, -0.2) is 5.38 Å². The number of benzene rings is 1. The third kappa shape index (κ3) is 2.12. The number of hydrogen-bond donors (Lipinski definition) is 0. The Hall–Kier alpha value is -0.890. The highest BCUT2D eigenvalue weighted by atomic mass is 35.5. The number of rotatable bonds is 1. The highest BCUT2D eigenvalue weighted by Gasteiger charge is 2.18. The van der Waals surface area contributed by atoms with E-state index in [0.717, 1.165) is 24.8 Å². The summed E-state index contributed by atoms with van der Waals surface area (Å²) in [4.78, 5) is 0. The second-order valence-corrected chi connectivity index (χ2v) is 4.72. The Kier molecular flexibility index (Phi) is 3.29. The molecule has 1 aromatic carbocycles. The summed E-state index contributed by atoms with van der Waals surface area (Å²) in [6.45, 7) is 1.56. The van der Waals surface area contributed by atoms with Gasteiger partial charge in [0, 0.05) is 5.56 Å². The fourth-order valence-electron chi connectivity index (χ4n) is 1.99. The second kappa shape index (κ2) is 4.54. The van der Waals surface area contributed by atoms with Gasteiger partial charge in [0.2, 0.25) is 0 Å². The van der Waals surface area contributed by atoms with E-state index in [1.54, 1.807) is 19.1 Å². The van der Waals surface area contributed by atoms with Gasteiger partial charge < -0.3 is 0 Å². The minimum atomic E-state index is -0.755. The van der Waals surface area contributed by atoms with E-state index in [2.05, 4.69) is 0 Å². The average molecular weight is 243 g/mol. The van der Waals surface area contributed by atoms with Crippen molar-refractivity contribution >= 4 is 17.2 Å². The summed E-state index contributed by atoms with van der Waals surface area (Å²) in [5.41, 5.74) is 1.51. The zero-order valence-electron chi connectivity index (χ0n) is 9.06. The molecule has 0 amide bonds. The monoisotopic (exact) mass is 242 g/mol. The van der Waals surface area contributed by atoms with E-state index < -0.39 is 11.6 Å². The van der Waals surface area contributed by atoms with Crippen molar-refractivity contribution in [1.29, 1.82) is 0 Å². The number of halogens is 3. The predicted octanol–water partition coefficient (Wildman–Crippen LogP) is 4.45. The van der Waals surface area contributed by atoms with Crippen LogP contribution in [0.2, 0.25) is 0 Å². The van der Waals surface area contributed by atoms with Gasteiger partial charge in [0.15, 0.2) is 11.6 Å². The molecule has 0 saturated carbocycles. The van der Waals surface area contributed by atoms with Gasteiger partial charge in [-0.3, -0.25) is 0 Å². The molecule has 0 fully saturated rings. The maximum Gasteiger partial charge on any atom is 0.166 e. The Morgan fingerprint density at radius 2 is 2.00 bits per heavy atom. The Morgan fingerprint density at radius 1 is 1.25 bits per heavy atom. The van der Waals surface area contributed by atoms with Crippen LogP contribution in [0.3, 0.4) is 0 Å². The lowest BCUT2D eigenvalue weighted by molar-refractivity contribution is 0.500. The Morgan fingerprint density at radius 3 is 2.69 bits per heavy atom. The Balaban J connectivity index is 2.45. The molecule has 1 unspecified atom stereocenters. The van der Waals surface area contributed by atoms with Crippen molar-refractivity contribution in [3.05, 3.63) is 41.0 Å². The lowest BCUT2D eigenvalue weighted by atomic mass is 9.92. The summed E-state index contributed by atoms with van der Waals surface area (Å²) in [5.74, 6) is -1.51. The molecule has 3 heteroatoms. The molecule has 2 rings (SSSR count). The molecule has 0 spiro atoms. The summed E-state index contributed by atoms with van der Waals surface area (Å²) < 4.78 is 27.1. The molecule has 1 aromatic rings. The molecule has 0 bridgehead atoms. The highest BCUT2D eigenvalue weighted by Crippen LogP contribution is 2.31. The second-order valence-electron chi connectivity index (χ2n) is 4.16. The van der Waals surface area contributed by atoms with Gasteiger partial charge in [-0.2, -0.15) is 0 Å². The van der Waals surface area contributed by atoms with Crippen LogP contribution in [0.4, 0.5) is 8.78 Å². The molecule has 0 aromatic heterocycles. The van der Waals surface area contributed by atoms with E-state index in [4.69, 9.17) is 11.6 Å². The van der Waals surface area contributed by atoms with Gasteiger partial charge in [-0.25, -0.2) is 8.78 Å². The van der Waals surface area contributed by atoms with Crippen LogP contribution in [0.5, 0.6) is 0 Å². The molecule has 0 saturated heterocycles. The third-order valence-electron chi connectivity index (χ3n) is 2.93. The smallest absolute Gasteiger partial charge is 0.166 e. The van der Waals surface area contributed by atoms with Crippen LogP contribution in [0, 0.1) is 18.6 Å². The first kappa shape index (κ1) is 11.6. The van der Waals surface area contributed by atoms with Crippen molar-refractivity contribution in [2.24, 2.45) is 0 Å².